The van der Waals surface area contributed by atoms with Gasteiger partial charge in [-0.05, 0) is 24.6 Å². The molecule has 0 aliphatic carbocycles. The molecule has 0 saturated carbocycles. The summed E-state index contributed by atoms with van der Waals surface area (Å²) >= 11 is 11.8. The highest BCUT2D eigenvalue weighted by molar-refractivity contribution is 6.35. The van der Waals surface area contributed by atoms with Crippen LogP contribution in [-0.2, 0) is 11.2 Å². The number of benzene rings is 1. The first-order valence-corrected chi connectivity index (χ1v) is 6.28. The Morgan fingerprint density at radius 3 is 2.89 bits per heavy atom. The van der Waals surface area contributed by atoms with E-state index >= 15 is 0 Å². The Bertz CT molecular complexity index is 572. The summed E-state index contributed by atoms with van der Waals surface area (Å²) in [5.41, 5.74) is 0.712. The van der Waals surface area contributed by atoms with Crippen LogP contribution in [0.1, 0.15) is 24.4 Å². The number of hydrogen-bond donors (Lipinski definition) is 2. The topological polar surface area (TPSA) is 83.6 Å². The van der Waals surface area contributed by atoms with Gasteiger partial charge in [0.15, 0.2) is 5.82 Å². The fraction of sp³-hybridized carbons (Fsp3) is 0.273. The fourth-order valence-electron chi connectivity index (χ4n) is 1.55. The van der Waals surface area contributed by atoms with Crippen molar-refractivity contribution in [1.29, 1.82) is 0 Å². The van der Waals surface area contributed by atoms with Crippen molar-refractivity contribution in [2.45, 2.75) is 19.4 Å². The molecule has 0 saturated heterocycles. The van der Waals surface area contributed by atoms with Crippen LogP contribution in [0.4, 0.5) is 0 Å². The van der Waals surface area contributed by atoms with Crippen molar-refractivity contribution in [3.05, 3.63) is 39.6 Å². The van der Waals surface area contributed by atoms with E-state index in [9.17, 15) is 4.79 Å². The van der Waals surface area contributed by atoms with Crippen LogP contribution in [0.5, 0.6) is 0 Å². The molecule has 0 bridgehead atoms. The quantitative estimate of drug-likeness (QED) is 0.903. The molecule has 1 unspecified atom stereocenters. The summed E-state index contributed by atoms with van der Waals surface area (Å²) < 4.78 is 0. The molecule has 1 aromatic heterocycles. The molecule has 2 aromatic rings. The van der Waals surface area contributed by atoms with Crippen molar-refractivity contribution in [2.24, 2.45) is 0 Å². The van der Waals surface area contributed by atoms with E-state index in [1.807, 2.05) is 0 Å². The van der Waals surface area contributed by atoms with Gasteiger partial charge in [0.25, 0.3) is 0 Å². The highest BCUT2D eigenvalue weighted by Crippen LogP contribution is 2.21. The van der Waals surface area contributed by atoms with E-state index < -0.39 is 0 Å². The largest absolute Gasteiger partial charge is 0.346 e. The first-order valence-electron chi connectivity index (χ1n) is 5.53. The van der Waals surface area contributed by atoms with Gasteiger partial charge >= 0.3 is 0 Å². The lowest BCUT2D eigenvalue weighted by molar-refractivity contribution is -0.121. The van der Waals surface area contributed by atoms with Crippen molar-refractivity contribution < 1.29 is 4.79 Å². The molecule has 0 aliphatic rings. The third-order valence-electron chi connectivity index (χ3n) is 2.49. The van der Waals surface area contributed by atoms with Crippen molar-refractivity contribution in [2.75, 3.05) is 0 Å². The number of aromatic amines is 1. The van der Waals surface area contributed by atoms with Crippen molar-refractivity contribution in [1.82, 2.24) is 25.9 Å². The summed E-state index contributed by atoms with van der Waals surface area (Å²) in [5, 5.41) is 17.1. The van der Waals surface area contributed by atoms with E-state index in [-0.39, 0.29) is 18.4 Å². The molecule has 1 aromatic carbocycles. The van der Waals surface area contributed by atoms with Crippen LogP contribution in [0.2, 0.25) is 10.0 Å². The summed E-state index contributed by atoms with van der Waals surface area (Å²) in [6, 6.07) is 4.70. The average Bonchev–Trinajstić information content (AvgIpc) is 2.86. The average molecular weight is 300 g/mol. The molecule has 2 rings (SSSR count). The molecule has 6 nitrogen and oxygen atoms in total. The number of carbonyl (C=O) groups excluding carboxylic acids is 1. The number of H-pyrrole nitrogens is 1. The lowest BCUT2D eigenvalue weighted by Crippen LogP contribution is -2.28. The molecular weight excluding hydrogens is 289 g/mol. The number of amides is 1. The van der Waals surface area contributed by atoms with Gasteiger partial charge in [0, 0.05) is 10.0 Å². The van der Waals surface area contributed by atoms with Crippen LogP contribution in [0.25, 0.3) is 0 Å². The maximum absolute atomic E-state index is 11.9. The number of halogens is 2. The zero-order valence-corrected chi connectivity index (χ0v) is 11.5. The third-order valence-corrected chi connectivity index (χ3v) is 3.08. The van der Waals surface area contributed by atoms with Gasteiger partial charge in [-0.1, -0.05) is 34.5 Å². The number of nitrogens with one attached hydrogen (secondary N) is 2. The van der Waals surface area contributed by atoms with Gasteiger partial charge in [0.1, 0.15) is 0 Å². The SMILES string of the molecule is CC(NC(=O)Cc1ccc(Cl)cc1Cl)c1nn[nH]n1. The first-order chi connectivity index (χ1) is 9.06. The van der Waals surface area contributed by atoms with Crippen LogP contribution in [0, 0.1) is 0 Å². The van der Waals surface area contributed by atoms with Crippen LogP contribution in [0.3, 0.4) is 0 Å². The molecule has 0 spiro atoms. The molecule has 0 radical (unpaired) electrons. The second kappa shape index (κ2) is 5.99. The monoisotopic (exact) mass is 299 g/mol. The minimum absolute atomic E-state index is 0.165. The summed E-state index contributed by atoms with van der Waals surface area (Å²) in [6.07, 6.45) is 0.165. The molecule has 1 atom stereocenters. The van der Waals surface area contributed by atoms with Gasteiger partial charge in [-0.25, -0.2) is 0 Å². The predicted octanol–water partition coefficient (Wildman–Crippen LogP) is 1.93. The normalized spacial score (nSPS) is 12.2. The smallest absolute Gasteiger partial charge is 0.225 e. The molecular formula is C11H11Cl2N5O. The van der Waals surface area contributed by atoms with Crippen molar-refractivity contribution in [3.8, 4) is 0 Å². The van der Waals surface area contributed by atoms with Crippen LogP contribution >= 0.6 is 23.2 Å². The summed E-state index contributed by atoms with van der Waals surface area (Å²) in [5.74, 6) is 0.247. The minimum Gasteiger partial charge on any atom is -0.346 e. The number of nitrogens with zero attached hydrogens (tertiary/aromatic N) is 3. The van der Waals surface area contributed by atoms with Gasteiger partial charge in [-0.3, -0.25) is 4.79 Å². The predicted molar refractivity (Wildman–Crippen MR) is 70.9 cm³/mol. The Morgan fingerprint density at radius 1 is 1.47 bits per heavy atom. The van der Waals surface area contributed by atoms with Gasteiger partial charge in [-0.15, -0.1) is 10.2 Å². The van der Waals surface area contributed by atoms with Gasteiger partial charge in [-0.2, -0.15) is 5.21 Å². The Hall–Kier alpha value is -1.66. The summed E-state index contributed by atoms with van der Waals surface area (Å²) in [7, 11) is 0. The fourth-order valence-corrected chi connectivity index (χ4v) is 2.02. The summed E-state index contributed by atoms with van der Waals surface area (Å²) in [4.78, 5) is 11.9. The maximum Gasteiger partial charge on any atom is 0.225 e. The van der Waals surface area contributed by atoms with Gasteiger partial charge < -0.3 is 5.32 Å². The molecule has 100 valence electrons. The van der Waals surface area contributed by atoms with Crippen molar-refractivity contribution >= 4 is 29.1 Å². The number of tetrazole rings is 1. The molecule has 1 heterocycles. The second-order valence-electron chi connectivity index (χ2n) is 3.97. The van der Waals surface area contributed by atoms with Crippen LogP contribution in [-0.4, -0.2) is 26.5 Å². The third kappa shape index (κ3) is 3.65. The zero-order chi connectivity index (χ0) is 13.8. The van der Waals surface area contributed by atoms with Crippen molar-refractivity contribution in [3.63, 3.8) is 0 Å². The second-order valence-corrected chi connectivity index (χ2v) is 4.82. The van der Waals surface area contributed by atoms with E-state index in [1.165, 1.54) is 0 Å². The van der Waals surface area contributed by atoms with Gasteiger partial charge in [0.2, 0.25) is 5.91 Å². The molecule has 8 heteroatoms. The maximum atomic E-state index is 11.9. The first kappa shape index (κ1) is 13.8. The lowest BCUT2D eigenvalue weighted by atomic mass is 10.1. The Kier molecular flexibility index (Phi) is 4.34. The molecule has 0 fully saturated rings. The minimum atomic E-state index is -0.322. The van der Waals surface area contributed by atoms with E-state index in [4.69, 9.17) is 23.2 Å². The Balaban J connectivity index is 1.98. The zero-order valence-electron chi connectivity index (χ0n) is 10.0. The number of carbonyl (C=O) groups is 1. The Labute approximate surface area is 119 Å². The lowest BCUT2D eigenvalue weighted by Gasteiger charge is -2.10. The van der Waals surface area contributed by atoms with E-state index in [0.717, 1.165) is 0 Å². The number of rotatable bonds is 4. The molecule has 2 N–H and O–H groups in total. The van der Waals surface area contributed by atoms with Crippen LogP contribution < -0.4 is 5.32 Å². The molecule has 19 heavy (non-hydrogen) atoms. The highest BCUT2D eigenvalue weighted by Gasteiger charge is 2.14. The number of hydrogen-bond acceptors (Lipinski definition) is 4. The summed E-state index contributed by atoms with van der Waals surface area (Å²) in [6.45, 7) is 1.77. The molecule has 0 aliphatic heterocycles. The standard InChI is InChI=1S/C11H11Cl2N5O/c1-6(11-15-17-18-16-11)14-10(19)4-7-2-3-8(12)5-9(7)13/h2-3,5-6H,4H2,1H3,(H,14,19)(H,15,16,17,18). The highest BCUT2D eigenvalue weighted by atomic mass is 35.5. The van der Waals surface area contributed by atoms with E-state index in [1.54, 1.807) is 25.1 Å². The molecule has 1 amide bonds. The van der Waals surface area contributed by atoms with E-state index in [0.29, 0.717) is 21.4 Å². The Morgan fingerprint density at radius 2 is 2.26 bits per heavy atom. The van der Waals surface area contributed by atoms with Crippen LogP contribution in [0.15, 0.2) is 18.2 Å². The van der Waals surface area contributed by atoms with E-state index in [2.05, 4.69) is 25.9 Å². The number of aromatic nitrogens is 4. The van der Waals surface area contributed by atoms with Gasteiger partial charge in [0.05, 0.1) is 12.5 Å².